The average molecular weight is 310 g/mol. The van der Waals surface area contributed by atoms with Gasteiger partial charge in [-0.1, -0.05) is 0 Å². The number of aliphatic hydroxyl groups excluding tert-OH is 1. The number of aryl methyl sites for hydroxylation is 1. The van der Waals surface area contributed by atoms with Crippen LogP contribution >= 0.6 is 0 Å². The standard InChI is InChI=1S/C18H22N4O/c1-21-7-4-14(13-21)12-20-16-2-3-18(15(10-16)11-19)22-8-5-17(23)6-9-22/h2-4,7,10,13,17,20,23H,5-6,8-9,12H2,1H3. The fraction of sp³-hybridized carbons (Fsp3) is 0.389. The minimum absolute atomic E-state index is 0.205. The van der Waals surface area contributed by atoms with Gasteiger partial charge in [0.25, 0.3) is 0 Å². The summed E-state index contributed by atoms with van der Waals surface area (Å²) in [6.07, 6.45) is 5.42. The van der Waals surface area contributed by atoms with Crippen molar-refractivity contribution < 1.29 is 5.11 Å². The van der Waals surface area contributed by atoms with Crippen molar-refractivity contribution in [1.29, 1.82) is 5.26 Å². The Morgan fingerprint density at radius 2 is 2.09 bits per heavy atom. The molecule has 120 valence electrons. The highest BCUT2D eigenvalue weighted by Crippen LogP contribution is 2.27. The van der Waals surface area contributed by atoms with Crippen LogP contribution in [0.15, 0.2) is 36.7 Å². The molecule has 1 aromatic carbocycles. The van der Waals surface area contributed by atoms with Crippen LogP contribution in [-0.4, -0.2) is 28.9 Å². The third-order valence-corrected chi connectivity index (χ3v) is 4.31. The van der Waals surface area contributed by atoms with Crippen LogP contribution in [0.5, 0.6) is 0 Å². The molecule has 1 aliphatic heterocycles. The summed E-state index contributed by atoms with van der Waals surface area (Å²) < 4.78 is 2.02. The van der Waals surface area contributed by atoms with E-state index in [-0.39, 0.29) is 6.10 Å². The number of piperidine rings is 1. The Morgan fingerprint density at radius 3 is 2.74 bits per heavy atom. The zero-order chi connectivity index (χ0) is 16.2. The number of aromatic nitrogens is 1. The molecule has 2 N–H and O–H groups in total. The van der Waals surface area contributed by atoms with Crippen LogP contribution in [0.25, 0.3) is 0 Å². The Hall–Kier alpha value is -2.45. The Balaban J connectivity index is 1.70. The molecule has 0 aliphatic carbocycles. The van der Waals surface area contributed by atoms with E-state index < -0.39 is 0 Å². The van der Waals surface area contributed by atoms with Crippen LogP contribution in [0.3, 0.4) is 0 Å². The largest absolute Gasteiger partial charge is 0.393 e. The second kappa shape index (κ2) is 6.76. The van der Waals surface area contributed by atoms with Crippen LogP contribution in [0.2, 0.25) is 0 Å². The summed E-state index contributed by atoms with van der Waals surface area (Å²) in [5.74, 6) is 0. The molecule has 2 aromatic rings. The average Bonchev–Trinajstić information content (AvgIpc) is 2.99. The topological polar surface area (TPSA) is 64.2 Å². The van der Waals surface area contributed by atoms with Crippen molar-refractivity contribution in [2.45, 2.75) is 25.5 Å². The Morgan fingerprint density at radius 1 is 1.30 bits per heavy atom. The van der Waals surface area contributed by atoms with Crippen LogP contribution in [-0.2, 0) is 13.6 Å². The van der Waals surface area contributed by atoms with Gasteiger partial charge in [-0.25, -0.2) is 0 Å². The zero-order valence-electron chi connectivity index (χ0n) is 13.4. The summed E-state index contributed by atoms with van der Waals surface area (Å²) in [5, 5.41) is 22.4. The van der Waals surface area contributed by atoms with Crippen LogP contribution in [0, 0.1) is 11.3 Å². The second-order valence-corrected chi connectivity index (χ2v) is 6.10. The van der Waals surface area contributed by atoms with Gasteiger partial charge in [0.1, 0.15) is 6.07 Å². The molecule has 1 aromatic heterocycles. The predicted octanol–water partition coefficient (Wildman–Crippen LogP) is 2.47. The van der Waals surface area contributed by atoms with Crippen molar-refractivity contribution in [3.05, 3.63) is 47.8 Å². The van der Waals surface area contributed by atoms with Gasteiger partial charge < -0.3 is 19.9 Å². The van der Waals surface area contributed by atoms with Gasteiger partial charge >= 0.3 is 0 Å². The van der Waals surface area contributed by atoms with E-state index in [9.17, 15) is 10.4 Å². The number of hydrogen-bond donors (Lipinski definition) is 2. The smallest absolute Gasteiger partial charge is 0.101 e. The molecule has 5 heteroatoms. The Bertz CT molecular complexity index is 708. The summed E-state index contributed by atoms with van der Waals surface area (Å²) in [5.41, 5.74) is 3.80. The number of rotatable bonds is 4. The lowest BCUT2D eigenvalue weighted by molar-refractivity contribution is 0.145. The summed E-state index contributed by atoms with van der Waals surface area (Å²) in [6, 6.07) is 10.3. The van der Waals surface area contributed by atoms with E-state index in [4.69, 9.17) is 0 Å². The molecule has 0 spiro atoms. The molecule has 1 aliphatic rings. The van der Waals surface area contributed by atoms with Gasteiger partial charge in [-0.2, -0.15) is 5.26 Å². The number of anilines is 2. The van der Waals surface area contributed by atoms with Gasteiger partial charge in [-0.05, 0) is 42.7 Å². The molecule has 0 amide bonds. The van der Waals surface area contributed by atoms with Crippen LogP contribution < -0.4 is 10.2 Å². The molecule has 0 radical (unpaired) electrons. The van der Waals surface area contributed by atoms with Gasteiger partial charge in [-0.15, -0.1) is 0 Å². The number of nitrogens with one attached hydrogen (secondary N) is 1. The minimum atomic E-state index is -0.205. The van der Waals surface area contributed by atoms with Gasteiger partial charge in [0.15, 0.2) is 0 Å². The highest BCUT2D eigenvalue weighted by Gasteiger charge is 2.19. The SMILES string of the molecule is Cn1ccc(CNc2ccc(N3CCC(O)CC3)c(C#N)c2)c1. The van der Waals surface area contributed by atoms with E-state index >= 15 is 0 Å². The van der Waals surface area contributed by atoms with E-state index in [0.29, 0.717) is 5.56 Å². The molecule has 1 fully saturated rings. The van der Waals surface area contributed by atoms with E-state index in [2.05, 4.69) is 28.5 Å². The van der Waals surface area contributed by atoms with Gasteiger partial charge in [0.05, 0.1) is 17.4 Å². The summed E-state index contributed by atoms with van der Waals surface area (Å²) >= 11 is 0. The third kappa shape index (κ3) is 3.66. The number of nitriles is 1. The van der Waals surface area contributed by atoms with E-state index in [0.717, 1.165) is 43.9 Å². The van der Waals surface area contributed by atoms with Crippen molar-refractivity contribution in [2.75, 3.05) is 23.3 Å². The van der Waals surface area contributed by atoms with Crippen molar-refractivity contribution in [1.82, 2.24) is 4.57 Å². The first-order valence-corrected chi connectivity index (χ1v) is 7.97. The zero-order valence-corrected chi connectivity index (χ0v) is 13.4. The molecule has 5 nitrogen and oxygen atoms in total. The molecule has 23 heavy (non-hydrogen) atoms. The van der Waals surface area contributed by atoms with E-state index in [1.165, 1.54) is 5.56 Å². The molecule has 0 saturated carbocycles. The molecular formula is C18H22N4O. The molecule has 3 rings (SSSR count). The second-order valence-electron chi connectivity index (χ2n) is 6.10. The molecule has 2 heterocycles. The number of nitrogens with zero attached hydrogens (tertiary/aromatic N) is 3. The molecule has 1 saturated heterocycles. The van der Waals surface area contributed by atoms with Crippen molar-refractivity contribution in [3.63, 3.8) is 0 Å². The minimum Gasteiger partial charge on any atom is -0.393 e. The Labute approximate surface area is 136 Å². The maximum Gasteiger partial charge on any atom is 0.101 e. The predicted molar refractivity (Wildman–Crippen MR) is 91.4 cm³/mol. The maximum atomic E-state index is 9.62. The van der Waals surface area contributed by atoms with Crippen molar-refractivity contribution in [3.8, 4) is 6.07 Å². The highest BCUT2D eigenvalue weighted by atomic mass is 16.3. The lowest BCUT2D eigenvalue weighted by atomic mass is 10.0. The normalized spacial score (nSPS) is 15.4. The summed E-state index contributed by atoms with van der Waals surface area (Å²) in [6.45, 7) is 2.33. The van der Waals surface area contributed by atoms with Crippen molar-refractivity contribution in [2.24, 2.45) is 7.05 Å². The van der Waals surface area contributed by atoms with Gasteiger partial charge in [0, 0.05) is 44.8 Å². The van der Waals surface area contributed by atoms with Gasteiger partial charge in [-0.3, -0.25) is 0 Å². The number of benzene rings is 1. The fourth-order valence-electron chi connectivity index (χ4n) is 2.99. The van der Waals surface area contributed by atoms with E-state index in [1.54, 1.807) is 0 Å². The number of hydrogen-bond acceptors (Lipinski definition) is 4. The maximum absolute atomic E-state index is 9.62. The summed E-state index contributed by atoms with van der Waals surface area (Å²) in [7, 11) is 2.00. The van der Waals surface area contributed by atoms with E-state index in [1.807, 2.05) is 36.0 Å². The monoisotopic (exact) mass is 310 g/mol. The molecule has 0 bridgehead atoms. The lowest BCUT2D eigenvalue weighted by Crippen LogP contribution is -2.36. The molecule has 0 unspecified atom stereocenters. The van der Waals surface area contributed by atoms with Gasteiger partial charge in [0.2, 0.25) is 0 Å². The lowest BCUT2D eigenvalue weighted by Gasteiger charge is -2.32. The molecule has 0 atom stereocenters. The first-order valence-electron chi connectivity index (χ1n) is 7.97. The highest BCUT2D eigenvalue weighted by molar-refractivity contribution is 5.65. The van der Waals surface area contributed by atoms with Crippen LogP contribution in [0.1, 0.15) is 24.0 Å². The van der Waals surface area contributed by atoms with Crippen molar-refractivity contribution >= 4 is 11.4 Å². The fourth-order valence-corrected chi connectivity index (χ4v) is 2.99. The number of aliphatic hydroxyl groups is 1. The summed E-state index contributed by atoms with van der Waals surface area (Å²) in [4.78, 5) is 2.19. The first kappa shape index (κ1) is 15.4. The molecular weight excluding hydrogens is 288 g/mol. The first-order chi connectivity index (χ1) is 11.2. The quantitative estimate of drug-likeness (QED) is 0.910. The third-order valence-electron chi connectivity index (χ3n) is 4.31. The van der Waals surface area contributed by atoms with Crippen LogP contribution in [0.4, 0.5) is 11.4 Å². The Kier molecular flexibility index (Phi) is 4.54.